The molecule has 0 unspecified atom stereocenters. The topological polar surface area (TPSA) is 49.4 Å². The summed E-state index contributed by atoms with van der Waals surface area (Å²) in [6.45, 7) is 2.90. The Bertz CT molecular complexity index is 1160. The first-order valence-corrected chi connectivity index (χ1v) is 14.6. The first-order valence-electron chi connectivity index (χ1n) is 12.2. The number of nitrogens with one attached hydrogen (secondary N) is 1. The molecule has 1 N–H and O–H groups in total. The molecule has 0 fully saturated rings. The molecule has 0 saturated carbocycles. The number of thioether (sulfide) groups is 1. The second kappa shape index (κ2) is 15.2. The van der Waals surface area contributed by atoms with Gasteiger partial charge in [-0.2, -0.15) is 0 Å². The van der Waals surface area contributed by atoms with Gasteiger partial charge in [-0.3, -0.25) is 9.59 Å². The van der Waals surface area contributed by atoms with Crippen molar-refractivity contribution < 1.29 is 14.0 Å². The number of amides is 2. The highest BCUT2D eigenvalue weighted by molar-refractivity contribution is 9.10. The molecule has 196 valence electrons. The monoisotopic (exact) mass is 604 g/mol. The molecule has 37 heavy (non-hydrogen) atoms. The average Bonchev–Trinajstić information content (AvgIpc) is 2.88. The summed E-state index contributed by atoms with van der Waals surface area (Å²) in [7, 11) is 0. The molecule has 8 heteroatoms. The lowest BCUT2D eigenvalue weighted by Crippen LogP contribution is -2.51. The van der Waals surface area contributed by atoms with Gasteiger partial charge in [-0.1, -0.05) is 89.4 Å². The third kappa shape index (κ3) is 9.16. The first-order chi connectivity index (χ1) is 17.9. The minimum absolute atomic E-state index is 0.0895. The molecule has 3 rings (SSSR count). The largest absolute Gasteiger partial charge is 0.354 e. The molecule has 3 aromatic carbocycles. The van der Waals surface area contributed by atoms with Gasteiger partial charge in [0.1, 0.15) is 11.9 Å². The third-order valence-corrected chi connectivity index (χ3v) is 7.67. The molecular formula is C29H31BrClFN2O2S. The van der Waals surface area contributed by atoms with E-state index in [1.807, 2.05) is 54.6 Å². The fourth-order valence-corrected chi connectivity index (χ4v) is 5.58. The molecule has 0 radical (unpaired) electrons. The van der Waals surface area contributed by atoms with Crippen molar-refractivity contribution in [2.75, 3.05) is 12.3 Å². The zero-order valence-electron chi connectivity index (χ0n) is 20.8. The summed E-state index contributed by atoms with van der Waals surface area (Å²) < 4.78 is 15.1. The molecule has 1 atom stereocenters. The van der Waals surface area contributed by atoms with Crippen LogP contribution in [0.3, 0.4) is 0 Å². The van der Waals surface area contributed by atoms with Gasteiger partial charge in [0.15, 0.2) is 0 Å². The molecule has 0 aliphatic heterocycles. The van der Waals surface area contributed by atoms with Crippen LogP contribution in [0.1, 0.15) is 36.5 Å². The molecule has 2 amide bonds. The fraction of sp³-hybridized carbons (Fsp3) is 0.310. The lowest BCUT2D eigenvalue weighted by molar-refractivity contribution is -0.139. The smallest absolute Gasteiger partial charge is 0.243 e. The van der Waals surface area contributed by atoms with Gasteiger partial charge < -0.3 is 10.2 Å². The predicted molar refractivity (Wildman–Crippen MR) is 154 cm³/mol. The van der Waals surface area contributed by atoms with E-state index >= 15 is 0 Å². The Balaban J connectivity index is 1.85. The van der Waals surface area contributed by atoms with E-state index < -0.39 is 11.9 Å². The van der Waals surface area contributed by atoms with Gasteiger partial charge in [-0.15, -0.1) is 11.8 Å². The number of carbonyl (C=O) groups excluding carboxylic acids is 2. The van der Waals surface area contributed by atoms with Crippen LogP contribution < -0.4 is 5.32 Å². The van der Waals surface area contributed by atoms with Crippen LogP contribution >= 0.6 is 39.3 Å². The summed E-state index contributed by atoms with van der Waals surface area (Å²) in [5.41, 5.74) is 2.25. The third-order valence-electron chi connectivity index (χ3n) is 5.88. The molecule has 0 bridgehead atoms. The number of halogens is 3. The van der Waals surface area contributed by atoms with Gasteiger partial charge in [0, 0.05) is 40.3 Å². The van der Waals surface area contributed by atoms with E-state index in [1.165, 1.54) is 17.8 Å². The van der Waals surface area contributed by atoms with E-state index in [0.717, 1.165) is 28.4 Å². The highest BCUT2D eigenvalue weighted by atomic mass is 79.9. The van der Waals surface area contributed by atoms with Crippen molar-refractivity contribution in [3.8, 4) is 0 Å². The SMILES string of the molecule is CCCCNC(=O)[C@H](Cc1ccccc1)N(Cc1cccc(Br)c1)C(=O)CSCc1c(F)cccc1Cl. The van der Waals surface area contributed by atoms with Crippen molar-refractivity contribution in [1.82, 2.24) is 10.2 Å². The maximum atomic E-state index is 14.2. The highest BCUT2D eigenvalue weighted by Crippen LogP contribution is 2.25. The van der Waals surface area contributed by atoms with Crippen LogP contribution in [0.5, 0.6) is 0 Å². The molecule has 0 aliphatic rings. The number of benzene rings is 3. The van der Waals surface area contributed by atoms with Gasteiger partial charge in [0.25, 0.3) is 0 Å². The van der Waals surface area contributed by atoms with Crippen molar-refractivity contribution >= 4 is 51.1 Å². The predicted octanol–water partition coefficient (Wildman–Crippen LogP) is 7.03. The van der Waals surface area contributed by atoms with Crippen molar-refractivity contribution in [1.29, 1.82) is 0 Å². The maximum Gasteiger partial charge on any atom is 0.243 e. The molecule has 0 spiro atoms. The lowest BCUT2D eigenvalue weighted by atomic mass is 10.0. The first kappa shape index (κ1) is 29.2. The molecule has 0 saturated heterocycles. The van der Waals surface area contributed by atoms with Crippen LogP contribution in [0.2, 0.25) is 5.02 Å². The van der Waals surface area contributed by atoms with E-state index in [0.29, 0.717) is 23.6 Å². The van der Waals surface area contributed by atoms with Gasteiger partial charge in [0.05, 0.1) is 5.75 Å². The standard InChI is InChI=1S/C29H31BrClFN2O2S/c1-2-3-15-33-29(36)27(17-21-9-5-4-6-10-21)34(18-22-11-7-12-23(30)16-22)28(35)20-37-19-24-25(31)13-8-14-26(24)32/h4-14,16,27H,2-3,15,17-20H2,1H3,(H,33,36)/t27-/m0/s1. The summed E-state index contributed by atoms with van der Waals surface area (Å²) in [6, 6.07) is 21.3. The summed E-state index contributed by atoms with van der Waals surface area (Å²) in [4.78, 5) is 28.7. The normalized spacial score (nSPS) is 11.7. The zero-order valence-corrected chi connectivity index (χ0v) is 23.9. The summed E-state index contributed by atoms with van der Waals surface area (Å²) in [5.74, 6) is -0.414. The van der Waals surface area contributed by atoms with Gasteiger partial charge >= 0.3 is 0 Å². The second-order valence-corrected chi connectivity index (χ2v) is 11.0. The molecule has 3 aromatic rings. The molecular weight excluding hydrogens is 575 g/mol. The van der Waals surface area contributed by atoms with Crippen LogP contribution in [0.25, 0.3) is 0 Å². The van der Waals surface area contributed by atoms with Gasteiger partial charge in [-0.25, -0.2) is 4.39 Å². The van der Waals surface area contributed by atoms with Crippen LogP contribution in [0.4, 0.5) is 4.39 Å². The van der Waals surface area contributed by atoms with Crippen LogP contribution in [-0.4, -0.2) is 35.1 Å². The van der Waals surface area contributed by atoms with Crippen molar-refractivity contribution in [2.45, 2.75) is 44.5 Å². The van der Waals surface area contributed by atoms with E-state index in [4.69, 9.17) is 11.6 Å². The highest BCUT2D eigenvalue weighted by Gasteiger charge is 2.30. The number of nitrogens with zero attached hydrogens (tertiary/aromatic N) is 1. The van der Waals surface area contributed by atoms with Crippen LogP contribution in [0.15, 0.2) is 77.3 Å². The Kier molecular flexibility index (Phi) is 12.0. The molecule has 4 nitrogen and oxygen atoms in total. The van der Waals surface area contributed by atoms with E-state index in [-0.39, 0.29) is 29.9 Å². The Hall–Kier alpha value is -2.35. The minimum atomic E-state index is -0.691. The second-order valence-electron chi connectivity index (χ2n) is 8.69. The van der Waals surface area contributed by atoms with Crippen LogP contribution in [-0.2, 0) is 28.3 Å². The quantitative estimate of drug-likeness (QED) is 0.213. The van der Waals surface area contributed by atoms with Crippen molar-refractivity contribution in [3.05, 3.63) is 105 Å². The minimum Gasteiger partial charge on any atom is -0.354 e. The summed E-state index contributed by atoms with van der Waals surface area (Å²) in [5, 5.41) is 3.35. The molecule has 0 aliphatic carbocycles. The molecule has 0 heterocycles. The number of carbonyl (C=O) groups is 2. The Morgan fingerprint density at radius 1 is 1.05 bits per heavy atom. The number of rotatable bonds is 13. The van der Waals surface area contributed by atoms with Crippen molar-refractivity contribution in [3.63, 3.8) is 0 Å². The van der Waals surface area contributed by atoms with E-state index in [2.05, 4.69) is 28.2 Å². The summed E-state index contributed by atoms with van der Waals surface area (Å²) in [6.07, 6.45) is 2.21. The van der Waals surface area contributed by atoms with Crippen molar-refractivity contribution in [2.24, 2.45) is 0 Å². The van der Waals surface area contributed by atoms with Gasteiger partial charge in [-0.05, 0) is 41.8 Å². The Morgan fingerprint density at radius 2 is 1.78 bits per heavy atom. The van der Waals surface area contributed by atoms with E-state index in [1.54, 1.807) is 17.0 Å². The Morgan fingerprint density at radius 3 is 2.49 bits per heavy atom. The zero-order chi connectivity index (χ0) is 26.6. The Labute approximate surface area is 236 Å². The lowest BCUT2D eigenvalue weighted by Gasteiger charge is -2.31. The van der Waals surface area contributed by atoms with E-state index in [9.17, 15) is 14.0 Å². The number of unbranched alkanes of at least 4 members (excludes halogenated alkanes) is 1. The average molecular weight is 606 g/mol. The molecule has 0 aromatic heterocycles. The fourth-order valence-electron chi connectivity index (χ4n) is 3.89. The number of hydrogen-bond donors (Lipinski definition) is 1. The number of hydrogen-bond acceptors (Lipinski definition) is 3. The van der Waals surface area contributed by atoms with Crippen LogP contribution in [0, 0.1) is 5.82 Å². The maximum absolute atomic E-state index is 14.2. The summed E-state index contributed by atoms with van der Waals surface area (Å²) >= 11 is 10.9. The van der Waals surface area contributed by atoms with Gasteiger partial charge in [0.2, 0.25) is 11.8 Å².